The molecule has 0 bridgehead atoms. The van der Waals surface area contributed by atoms with E-state index in [1.807, 2.05) is 35.2 Å². The van der Waals surface area contributed by atoms with E-state index < -0.39 is 0 Å². The Bertz CT molecular complexity index is 894. The molecule has 8 nitrogen and oxygen atoms in total. The number of aromatic amines is 1. The number of hydrogen-bond acceptors (Lipinski definition) is 5. The molecule has 0 radical (unpaired) electrons. The molecule has 2 aliphatic rings. The summed E-state index contributed by atoms with van der Waals surface area (Å²) in [5.41, 5.74) is 0.924. The molecule has 1 aromatic carbocycles. The Kier molecular flexibility index (Phi) is 7.52. The lowest BCUT2D eigenvalue weighted by atomic mass is 9.86. The Morgan fingerprint density at radius 3 is 2.72 bits per heavy atom. The van der Waals surface area contributed by atoms with Gasteiger partial charge < -0.3 is 15.0 Å². The van der Waals surface area contributed by atoms with Gasteiger partial charge in [-0.15, -0.1) is 0 Å². The number of carbonyl (C=O) groups excluding carboxylic acids is 2. The summed E-state index contributed by atoms with van der Waals surface area (Å²) in [6.45, 7) is 0.488. The van der Waals surface area contributed by atoms with Gasteiger partial charge in [-0.05, 0) is 18.8 Å². The lowest BCUT2D eigenvalue weighted by Gasteiger charge is -2.25. The zero-order valence-electron chi connectivity index (χ0n) is 18.8. The van der Waals surface area contributed by atoms with Crippen molar-refractivity contribution in [1.29, 1.82) is 0 Å². The SMILES string of the molecule is COCC(=O)N[C@H]1C[C@@H](c2nc(-c3ccccc3)n[nH]2)N(C(=O)CCC2CCCCC2)C1. The molecule has 1 aliphatic carbocycles. The summed E-state index contributed by atoms with van der Waals surface area (Å²) in [5.74, 6) is 1.89. The van der Waals surface area contributed by atoms with E-state index in [0.717, 1.165) is 12.0 Å². The Morgan fingerprint density at radius 2 is 1.97 bits per heavy atom. The molecule has 8 heteroatoms. The fourth-order valence-electron chi connectivity index (χ4n) is 4.96. The fraction of sp³-hybridized carbons (Fsp3) is 0.583. The number of likely N-dealkylation sites (tertiary alicyclic amines) is 1. The van der Waals surface area contributed by atoms with Crippen LogP contribution in [0.1, 0.15) is 63.2 Å². The largest absolute Gasteiger partial charge is 0.375 e. The van der Waals surface area contributed by atoms with Gasteiger partial charge >= 0.3 is 0 Å². The number of rotatable bonds is 8. The molecule has 1 saturated heterocycles. The van der Waals surface area contributed by atoms with Crippen molar-refractivity contribution in [3.8, 4) is 11.4 Å². The third-order valence-corrected chi connectivity index (χ3v) is 6.60. The minimum absolute atomic E-state index is 0.0112. The van der Waals surface area contributed by atoms with Gasteiger partial charge in [-0.3, -0.25) is 14.7 Å². The Labute approximate surface area is 189 Å². The number of nitrogens with one attached hydrogen (secondary N) is 2. The van der Waals surface area contributed by atoms with Gasteiger partial charge in [0.15, 0.2) is 5.82 Å². The minimum Gasteiger partial charge on any atom is -0.375 e. The number of amides is 2. The van der Waals surface area contributed by atoms with Crippen LogP contribution in [0, 0.1) is 5.92 Å². The van der Waals surface area contributed by atoms with Gasteiger partial charge in [0.1, 0.15) is 12.4 Å². The van der Waals surface area contributed by atoms with Crippen LogP contribution in [-0.2, 0) is 14.3 Å². The summed E-state index contributed by atoms with van der Waals surface area (Å²) in [4.78, 5) is 31.9. The highest BCUT2D eigenvalue weighted by molar-refractivity contribution is 5.79. The number of hydrogen-bond donors (Lipinski definition) is 2. The highest BCUT2D eigenvalue weighted by Gasteiger charge is 2.38. The normalized spacial score (nSPS) is 21.6. The molecule has 1 saturated carbocycles. The lowest BCUT2D eigenvalue weighted by molar-refractivity contribution is -0.133. The van der Waals surface area contributed by atoms with Crippen LogP contribution in [0.2, 0.25) is 0 Å². The second-order valence-electron chi connectivity index (χ2n) is 8.95. The van der Waals surface area contributed by atoms with Gasteiger partial charge in [-0.2, -0.15) is 5.10 Å². The smallest absolute Gasteiger partial charge is 0.246 e. The van der Waals surface area contributed by atoms with Crippen molar-refractivity contribution in [3.05, 3.63) is 36.2 Å². The Balaban J connectivity index is 1.47. The molecular weight excluding hydrogens is 406 g/mol. The Morgan fingerprint density at radius 1 is 1.19 bits per heavy atom. The second-order valence-corrected chi connectivity index (χ2v) is 8.95. The number of aromatic nitrogens is 3. The van der Waals surface area contributed by atoms with Crippen LogP contribution in [0.25, 0.3) is 11.4 Å². The van der Waals surface area contributed by atoms with E-state index in [9.17, 15) is 9.59 Å². The first-order valence-corrected chi connectivity index (χ1v) is 11.7. The van der Waals surface area contributed by atoms with Crippen molar-refractivity contribution >= 4 is 11.8 Å². The van der Waals surface area contributed by atoms with Crippen molar-refractivity contribution in [3.63, 3.8) is 0 Å². The van der Waals surface area contributed by atoms with E-state index in [0.29, 0.717) is 37.0 Å². The predicted molar refractivity (Wildman–Crippen MR) is 121 cm³/mol. The number of ether oxygens (including phenoxy) is 1. The summed E-state index contributed by atoms with van der Waals surface area (Å²) >= 11 is 0. The number of nitrogens with zero attached hydrogens (tertiary/aromatic N) is 3. The summed E-state index contributed by atoms with van der Waals surface area (Å²) in [5, 5.41) is 10.4. The molecule has 0 unspecified atom stereocenters. The number of H-pyrrole nitrogens is 1. The predicted octanol–water partition coefficient (Wildman–Crippen LogP) is 3.24. The maximum Gasteiger partial charge on any atom is 0.246 e. The monoisotopic (exact) mass is 439 g/mol. The maximum atomic E-state index is 13.2. The summed E-state index contributed by atoms with van der Waals surface area (Å²) in [6.07, 6.45) is 8.42. The third-order valence-electron chi connectivity index (χ3n) is 6.60. The van der Waals surface area contributed by atoms with Gasteiger partial charge in [0.25, 0.3) is 0 Å². The van der Waals surface area contributed by atoms with Crippen molar-refractivity contribution in [2.75, 3.05) is 20.3 Å². The number of benzene rings is 1. The van der Waals surface area contributed by atoms with Gasteiger partial charge in [0.05, 0.1) is 6.04 Å². The van der Waals surface area contributed by atoms with Crippen LogP contribution in [0.4, 0.5) is 0 Å². The van der Waals surface area contributed by atoms with E-state index in [1.165, 1.54) is 39.2 Å². The van der Waals surface area contributed by atoms with Crippen molar-refractivity contribution in [2.45, 2.75) is 63.5 Å². The zero-order chi connectivity index (χ0) is 22.3. The number of carbonyl (C=O) groups is 2. The van der Waals surface area contributed by atoms with Crippen LogP contribution in [0.15, 0.2) is 30.3 Å². The van der Waals surface area contributed by atoms with Gasteiger partial charge in [-0.1, -0.05) is 62.4 Å². The highest BCUT2D eigenvalue weighted by Crippen LogP contribution is 2.33. The molecule has 1 aromatic heterocycles. The minimum atomic E-state index is -0.230. The summed E-state index contributed by atoms with van der Waals surface area (Å²) < 4.78 is 4.94. The second kappa shape index (κ2) is 10.7. The molecule has 2 atom stereocenters. The quantitative estimate of drug-likeness (QED) is 0.658. The molecule has 2 amide bonds. The van der Waals surface area contributed by atoms with E-state index >= 15 is 0 Å². The summed E-state index contributed by atoms with van der Waals surface area (Å²) in [7, 11) is 1.50. The van der Waals surface area contributed by atoms with Crippen LogP contribution < -0.4 is 5.32 Å². The molecule has 172 valence electrons. The first kappa shape index (κ1) is 22.5. The molecular formula is C24H33N5O3. The van der Waals surface area contributed by atoms with Crippen molar-refractivity contribution in [1.82, 2.24) is 25.4 Å². The molecule has 2 fully saturated rings. The van der Waals surface area contributed by atoms with E-state index in [2.05, 4.69) is 15.5 Å². The topological polar surface area (TPSA) is 100 Å². The molecule has 2 N–H and O–H groups in total. The zero-order valence-corrected chi connectivity index (χ0v) is 18.8. The summed E-state index contributed by atoms with van der Waals surface area (Å²) in [6, 6.07) is 9.41. The van der Waals surface area contributed by atoms with Crippen LogP contribution in [0.5, 0.6) is 0 Å². The average Bonchev–Trinajstić information content (AvgIpc) is 3.46. The average molecular weight is 440 g/mol. The number of methoxy groups -OCH3 is 1. The highest BCUT2D eigenvalue weighted by atomic mass is 16.5. The molecule has 32 heavy (non-hydrogen) atoms. The molecule has 4 rings (SSSR count). The third kappa shape index (κ3) is 5.54. The van der Waals surface area contributed by atoms with Gasteiger partial charge in [0.2, 0.25) is 11.8 Å². The van der Waals surface area contributed by atoms with Gasteiger partial charge in [-0.25, -0.2) is 4.98 Å². The first-order chi connectivity index (χ1) is 15.6. The lowest BCUT2D eigenvalue weighted by Crippen LogP contribution is -2.40. The fourth-order valence-corrected chi connectivity index (χ4v) is 4.96. The molecule has 1 aliphatic heterocycles. The van der Waals surface area contributed by atoms with Crippen molar-refractivity contribution in [2.24, 2.45) is 5.92 Å². The maximum absolute atomic E-state index is 13.2. The first-order valence-electron chi connectivity index (χ1n) is 11.7. The standard InChI is InChI=1S/C24H33N5O3/c1-32-16-21(30)25-19-14-20(24-26-23(27-28-24)18-10-6-3-7-11-18)29(15-19)22(31)13-12-17-8-4-2-5-9-17/h3,6-7,10-11,17,19-20H,2,4-5,8-9,12-16H2,1H3,(H,25,30)(H,26,27,28)/t19-,20-/m0/s1. The molecule has 2 aromatic rings. The van der Waals surface area contributed by atoms with Gasteiger partial charge in [0, 0.05) is 31.7 Å². The van der Waals surface area contributed by atoms with E-state index in [1.54, 1.807) is 0 Å². The Hall–Kier alpha value is -2.74. The van der Waals surface area contributed by atoms with Crippen LogP contribution >= 0.6 is 0 Å². The van der Waals surface area contributed by atoms with E-state index in [-0.39, 0.29) is 30.5 Å². The van der Waals surface area contributed by atoms with E-state index in [4.69, 9.17) is 9.72 Å². The van der Waals surface area contributed by atoms with Crippen LogP contribution in [-0.4, -0.2) is 58.2 Å². The van der Waals surface area contributed by atoms with Crippen molar-refractivity contribution < 1.29 is 14.3 Å². The molecule has 0 spiro atoms. The molecule has 2 heterocycles. The van der Waals surface area contributed by atoms with Crippen LogP contribution in [0.3, 0.4) is 0 Å².